The van der Waals surface area contributed by atoms with Gasteiger partial charge in [0.2, 0.25) is 11.8 Å². The average molecular weight is 762 g/mol. The number of halogens is 2. The zero-order valence-electron chi connectivity index (χ0n) is 26.4. The quantitative estimate of drug-likeness (QED) is 0.261. The Bertz CT molecular complexity index is 1430. The van der Waals surface area contributed by atoms with Crippen molar-refractivity contribution in [3.63, 3.8) is 0 Å². The fourth-order valence-electron chi connectivity index (χ4n) is 6.64. The van der Waals surface area contributed by atoms with Crippen molar-refractivity contribution in [3.05, 3.63) is 56.5 Å². The minimum absolute atomic E-state index is 0.0115. The van der Waals surface area contributed by atoms with E-state index in [1.807, 2.05) is 29.2 Å². The van der Waals surface area contributed by atoms with Crippen LogP contribution in [0.1, 0.15) is 48.0 Å². The van der Waals surface area contributed by atoms with Crippen LogP contribution in [-0.2, 0) is 16.0 Å². The van der Waals surface area contributed by atoms with Crippen LogP contribution in [0.15, 0.2) is 45.3 Å². The van der Waals surface area contributed by atoms with Crippen LogP contribution in [0.4, 0.5) is 16.2 Å². The molecule has 3 aliphatic rings. The summed E-state index contributed by atoms with van der Waals surface area (Å²) < 4.78 is 1.14. The van der Waals surface area contributed by atoms with Crippen molar-refractivity contribution in [2.24, 2.45) is 0 Å². The summed E-state index contributed by atoms with van der Waals surface area (Å²) in [5.74, 6) is -0.833. The molecular weight excluding hydrogens is 718 g/mol. The van der Waals surface area contributed by atoms with Crippen LogP contribution >= 0.6 is 31.9 Å². The zero-order chi connectivity index (χ0) is 33.0. The smallest absolute Gasteiger partial charge is 0.322 e. The van der Waals surface area contributed by atoms with Crippen LogP contribution in [0, 0.1) is 0 Å². The number of para-hydroxylation sites is 1. The van der Waals surface area contributed by atoms with E-state index in [4.69, 9.17) is 5.73 Å². The second-order valence-corrected chi connectivity index (χ2v) is 14.4. The van der Waals surface area contributed by atoms with Crippen molar-refractivity contribution >= 4 is 66.9 Å². The van der Waals surface area contributed by atoms with E-state index in [2.05, 4.69) is 66.4 Å². The summed E-state index contributed by atoms with van der Waals surface area (Å²) in [6.07, 6.45) is 3.75. The van der Waals surface area contributed by atoms with Gasteiger partial charge in [-0.3, -0.25) is 19.3 Å². The van der Waals surface area contributed by atoms with Crippen molar-refractivity contribution in [2.75, 3.05) is 64.4 Å². The third kappa shape index (κ3) is 8.28. The van der Waals surface area contributed by atoms with Gasteiger partial charge in [0.25, 0.3) is 0 Å². The van der Waals surface area contributed by atoms with Crippen molar-refractivity contribution in [1.29, 1.82) is 0 Å². The van der Waals surface area contributed by atoms with E-state index in [0.717, 1.165) is 43.6 Å². The minimum atomic E-state index is -1.01. The molecule has 0 saturated carbocycles. The Morgan fingerprint density at radius 2 is 1.65 bits per heavy atom. The molecule has 1 atom stereocenters. The number of anilines is 2. The van der Waals surface area contributed by atoms with E-state index in [-0.39, 0.29) is 42.6 Å². The number of hydrogen-bond donors (Lipinski definition) is 3. The largest absolute Gasteiger partial charge is 0.397 e. The molecule has 46 heavy (non-hydrogen) atoms. The van der Waals surface area contributed by atoms with Gasteiger partial charge >= 0.3 is 6.03 Å². The van der Waals surface area contributed by atoms with Crippen LogP contribution in [0.5, 0.6) is 0 Å². The van der Waals surface area contributed by atoms with Crippen molar-refractivity contribution in [1.82, 2.24) is 24.9 Å². The lowest BCUT2D eigenvalue weighted by Gasteiger charge is -2.39. The first-order valence-corrected chi connectivity index (χ1v) is 17.5. The van der Waals surface area contributed by atoms with Gasteiger partial charge in [0.1, 0.15) is 6.04 Å². The highest BCUT2D eigenvalue weighted by atomic mass is 79.9. The topological polar surface area (TPSA) is 131 Å². The van der Waals surface area contributed by atoms with Crippen LogP contribution < -0.4 is 16.4 Å². The predicted molar refractivity (Wildman–Crippen MR) is 186 cm³/mol. The number of Topliss-reactive ketones (excluding diaryl/α,β-unsaturated/α-hetero) is 1. The molecule has 2 fully saturated rings. The third-order valence-electron chi connectivity index (χ3n) is 9.44. The maximum absolute atomic E-state index is 14.0. The van der Waals surface area contributed by atoms with Crippen molar-refractivity contribution < 1.29 is 19.2 Å². The number of amides is 4. The van der Waals surface area contributed by atoms with Gasteiger partial charge in [0.15, 0.2) is 5.78 Å². The Balaban J connectivity index is 1.24. The van der Waals surface area contributed by atoms with E-state index in [9.17, 15) is 19.2 Å². The summed E-state index contributed by atoms with van der Waals surface area (Å²) in [6.45, 7) is 3.22. The van der Waals surface area contributed by atoms with Crippen LogP contribution in [-0.4, -0.2) is 115 Å². The summed E-state index contributed by atoms with van der Waals surface area (Å²) in [5.41, 5.74) is 8.83. The van der Waals surface area contributed by atoms with Crippen LogP contribution in [0.2, 0.25) is 0 Å². The number of rotatable bonds is 9. The first-order valence-electron chi connectivity index (χ1n) is 15.9. The Hall–Kier alpha value is -3.00. The van der Waals surface area contributed by atoms with Crippen molar-refractivity contribution in [3.8, 4) is 0 Å². The molecule has 4 N–H and O–H groups in total. The van der Waals surface area contributed by atoms with Gasteiger partial charge < -0.3 is 31.1 Å². The standard InChI is InChI=1S/C33H43Br2N7O4/c1-39(2)23-8-12-40(13-9-23)20-30(44)37-28(19-29(43)22-17-25(34)31(36)26(35)18-22)32(45)41-14-10-24(11-15-41)42-16-7-21-5-3-4-6-27(21)38-33(42)46/h3-6,17-18,23-24,28H,7-16,19-20,36H2,1-2H3,(H,37,44)(H,38,46). The number of fused-ring (bicyclic) bond motifs is 1. The lowest BCUT2D eigenvalue weighted by atomic mass is 9.99. The number of carbonyl (C=O) groups is 4. The molecule has 2 aromatic rings. The van der Waals surface area contributed by atoms with Crippen LogP contribution in [0.25, 0.3) is 0 Å². The van der Waals surface area contributed by atoms with E-state index in [0.29, 0.717) is 58.7 Å². The SMILES string of the molecule is CN(C)C1CCN(CC(=O)NC(CC(=O)c2cc(Br)c(N)c(Br)c2)C(=O)N2CCC(N3CCc4ccccc4NC3=O)CC2)CC1. The fourth-order valence-corrected chi connectivity index (χ4v) is 7.83. The number of nitrogens with zero attached hydrogens (tertiary/aromatic N) is 4. The van der Waals surface area contributed by atoms with Gasteiger partial charge in [-0.1, -0.05) is 18.2 Å². The Morgan fingerprint density at radius 1 is 1.00 bits per heavy atom. The number of nitrogens with one attached hydrogen (secondary N) is 2. The Labute approximate surface area is 287 Å². The number of ketones is 1. The number of hydrogen-bond acceptors (Lipinski definition) is 7. The second kappa shape index (κ2) is 15.3. The molecule has 0 radical (unpaired) electrons. The molecule has 3 heterocycles. The molecule has 0 spiro atoms. The molecule has 0 aromatic heterocycles. The molecule has 0 aliphatic carbocycles. The number of nitrogen functional groups attached to an aromatic ring is 1. The first-order chi connectivity index (χ1) is 22.0. The average Bonchev–Trinajstić information content (AvgIpc) is 3.21. The molecule has 2 saturated heterocycles. The summed E-state index contributed by atoms with van der Waals surface area (Å²) in [5, 5.41) is 5.94. The van der Waals surface area contributed by atoms with E-state index in [1.54, 1.807) is 17.0 Å². The molecule has 13 heteroatoms. The van der Waals surface area contributed by atoms with Gasteiger partial charge in [-0.15, -0.1) is 0 Å². The predicted octanol–water partition coefficient (Wildman–Crippen LogP) is 3.96. The lowest BCUT2D eigenvalue weighted by Crippen LogP contribution is -2.55. The number of nitrogens with two attached hydrogens (primary N) is 1. The van der Waals surface area contributed by atoms with Crippen molar-refractivity contribution in [2.45, 2.75) is 56.7 Å². The van der Waals surface area contributed by atoms with E-state index in [1.165, 1.54) is 0 Å². The van der Waals surface area contributed by atoms with Gasteiger partial charge in [-0.25, -0.2) is 4.79 Å². The van der Waals surface area contributed by atoms with Gasteiger partial charge in [0.05, 0.1) is 12.2 Å². The van der Waals surface area contributed by atoms with E-state index < -0.39 is 6.04 Å². The van der Waals surface area contributed by atoms with Crippen LogP contribution in [0.3, 0.4) is 0 Å². The minimum Gasteiger partial charge on any atom is -0.397 e. The molecule has 2 aromatic carbocycles. The third-order valence-corrected chi connectivity index (χ3v) is 10.7. The maximum Gasteiger partial charge on any atom is 0.322 e. The number of urea groups is 1. The van der Waals surface area contributed by atoms with Gasteiger partial charge in [-0.05, 0) is 102 Å². The van der Waals surface area contributed by atoms with Gasteiger partial charge in [0, 0.05) is 71.4 Å². The number of carbonyl (C=O) groups excluding carboxylic acids is 4. The molecule has 0 bridgehead atoms. The normalized spacial score (nSPS) is 18.9. The molecular formula is C33H43Br2N7O4. The molecule has 3 aliphatic heterocycles. The summed E-state index contributed by atoms with van der Waals surface area (Å²) in [4.78, 5) is 61.7. The number of benzene rings is 2. The highest BCUT2D eigenvalue weighted by molar-refractivity contribution is 9.11. The highest BCUT2D eigenvalue weighted by Crippen LogP contribution is 2.30. The lowest BCUT2D eigenvalue weighted by molar-refractivity contribution is -0.138. The molecule has 11 nitrogen and oxygen atoms in total. The molecule has 1 unspecified atom stereocenters. The summed E-state index contributed by atoms with van der Waals surface area (Å²) in [7, 11) is 4.14. The number of likely N-dealkylation sites (tertiary alicyclic amines) is 2. The van der Waals surface area contributed by atoms with Gasteiger partial charge in [-0.2, -0.15) is 0 Å². The fraction of sp³-hybridized carbons (Fsp3) is 0.515. The van der Waals surface area contributed by atoms with E-state index >= 15 is 0 Å². The molecule has 248 valence electrons. The number of piperidine rings is 2. The monoisotopic (exact) mass is 759 g/mol. The summed E-state index contributed by atoms with van der Waals surface area (Å²) >= 11 is 6.79. The first kappa shape index (κ1) is 34.3. The Kier molecular flexibility index (Phi) is 11.4. The Morgan fingerprint density at radius 3 is 2.30 bits per heavy atom. The molecule has 4 amide bonds. The highest BCUT2D eigenvalue weighted by Gasteiger charge is 2.35. The second-order valence-electron chi connectivity index (χ2n) is 12.7. The maximum atomic E-state index is 14.0. The summed E-state index contributed by atoms with van der Waals surface area (Å²) in [6, 6.07) is 10.5. The molecule has 5 rings (SSSR count). The zero-order valence-corrected chi connectivity index (χ0v) is 29.6.